The number of benzene rings is 1. The molecule has 1 aliphatic rings. The average Bonchev–Trinajstić information content (AvgIpc) is 2.94. The maximum atomic E-state index is 5.86. The Bertz CT molecular complexity index is 560. The van der Waals surface area contributed by atoms with Crippen molar-refractivity contribution in [1.29, 1.82) is 0 Å². The van der Waals surface area contributed by atoms with Crippen LogP contribution in [-0.2, 0) is 19.4 Å². The highest BCUT2D eigenvalue weighted by atomic mass is 35.5. The Morgan fingerprint density at radius 3 is 3.11 bits per heavy atom. The zero-order valence-corrected chi connectivity index (χ0v) is 10.7. The second-order valence-electron chi connectivity index (χ2n) is 4.42. The highest BCUT2D eigenvalue weighted by molar-refractivity contribution is 6.32. The van der Waals surface area contributed by atoms with Crippen LogP contribution in [0.25, 0.3) is 0 Å². The van der Waals surface area contributed by atoms with Crippen LogP contribution in [0.4, 0.5) is 5.82 Å². The maximum Gasteiger partial charge on any atom is 0.164 e. The van der Waals surface area contributed by atoms with Gasteiger partial charge in [-0.1, -0.05) is 23.7 Å². The third-order valence-corrected chi connectivity index (χ3v) is 3.42. The topological polar surface area (TPSA) is 53.1 Å². The molecule has 1 aromatic heterocycles. The van der Waals surface area contributed by atoms with Gasteiger partial charge in [-0.05, 0) is 23.6 Å². The number of aromatic nitrogens is 2. The molecule has 0 aliphatic carbocycles. The van der Waals surface area contributed by atoms with E-state index in [2.05, 4.69) is 17.2 Å². The summed E-state index contributed by atoms with van der Waals surface area (Å²) in [6, 6.07) is 6.34. The molecule has 0 saturated heterocycles. The summed E-state index contributed by atoms with van der Waals surface area (Å²) in [6.45, 7) is 1.57. The molecule has 3 rings (SSSR count). The van der Waals surface area contributed by atoms with Crippen molar-refractivity contribution in [2.45, 2.75) is 19.4 Å². The van der Waals surface area contributed by atoms with Crippen molar-refractivity contribution in [1.82, 2.24) is 9.78 Å². The standard InChI is InChI=1S/C13H14ClN3O/c14-11-8-17(16-13(11)15)5-3-9-1-2-12-10(7-9)4-6-18-12/h1-2,7-8H,3-6H2,(H2,15,16). The molecule has 0 fully saturated rings. The highest BCUT2D eigenvalue weighted by Gasteiger charge is 2.12. The first kappa shape index (κ1) is 11.4. The van der Waals surface area contributed by atoms with Crippen LogP contribution in [-0.4, -0.2) is 16.4 Å². The first-order valence-electron chi connectivity index (χ1n) is 5.95. The number of aryl methyl sites for hydroxylation is 2. The van der Waals surface area contributed by atoms with Gasteiger partial charge < -0.3 is 10.5 Å². The number of rotatable bonds is 3. The van der Waals surface area contributed by atoms with Gasteiger partial charge in [0.25, 0.3) is 0 Å². The summed E-state index contributed by atoms with van der Waals surface area (Å²) in [5.74, 6) is 1.41. The van der Waals surface area contributed by atoms with E-state index in [1.807, 2.05) is 6.07 Å². The lowest BCUT2D eigenvalue weighted by Crippen LogP contribution is -2.02. The summed E-state index contributed by atoms with van der Waals surface area (Å²) in [6.07, 6.45) is 3.67. The van der Waals surface area contributed by atoms with Crippen molar-refractivity contribution in [3.8, 4) is 5.75 Å². The second-order valence-corrected chi connectivity index (χ2v) is 4.82. The summed E-state index contributed by atoms with van der Waals surface area (Å²) >= 11 is 5.86. The number of anilines is 1. The Morgan fingerprint density at radius 1 is 1.44 bits per heavy atom. The highest BCUT2D eigenvalue weighted by Crippen LogP contribution is 2.26. The summed E-state index contributed by atoms with van der Waals surface area (Å²) in [5.41, 5.74) is 8.18. The number of halogens is 1. The van der Waals surface area contributed by atoms with Gasteiger partial charge in [0, 0.05) is 19.2 Å². The fraction of sp³-hybridized carbons (Fsp3) is 0.308. The van der Waals surface area contributed by atoms with E-state index in [9.17, 15) is 0 Å². The van der Waals surface area contributed by atoms with Gasteiger partial charge in [0.2, 0.25) is 0 Å². The molecular formula is C13H14ClN3O. The number of hydrogen-bond donors (Lipinski definition) is 1. The van der Waals surface area contributed by atoms with E-state index in [0.717, 1.165) is 31.7 Å². The minimum atomic E-state index is 0.388. The number of fused-ring (bicyclic) bond motifs is 1. The monoisotopic (exact) mass is 263 g/mol. The summed E-state index contributed by atoms with van der Waals surface area (Å²) in [4.78, 5) is 0. The molecule has 1 aliphatic heterocycles. The molecule has 94 valence electrons. The van der Waals surface area contributed by atoms with E-state index >= 15 is 0 Å². The molecule has 0 saturated carbocycles. The van der Waals surface area contributed by atoms with Crippen LogP contribution >= 0.6 is 11.6 Å². The fourth-order valence-electron chi connectivity index (χ4n) is 2.17. The zero-order valence-electron chi connectivity index (χ0n) is 9.90. The van der Waals surface area contributed by atoms with Gasteiger partial charge in [-0.3, -0.25) is 4.68 Å². The second kappa shape index (κ2) is 4.53. The number of nitrogen functional groups attached to an aromatic ring is 1. The first-order chi connectivity index (χ1) is 8.72. The average molecular weight is 264 g/mol. The molecule has 2 aromatic rings. The van der Waals surface area contributed by atoms with Crippen LogP contribution < -0.4 is 10.5 Å². The van der Waals surface area contributed by atoms with E-state index in [4.69, 9.17) is 22.1 Å². The third kappa shape index (κ3) is 2.16. The van der Waals surface area contributed by atoms with Crippen LogP contribution in [0.2, 0.25) is 5.02 Å². The number of nitrogens with two attached hydrogens (primary N) is 1. The van der Waals surface area contributed by atoms with Crippen molar-refractivity contribution < 1.29 is 4.74 Å². The van der Waals surface area contributed by atoms with Gasteiger partial charge in [0.15, 0.2) is 5.82 Å². The summed E-state index contributed by atoms with van der Waals surface area (Å²) < 4.78 is 7.26. The Kier molecular flexibility index (Phi) is 2.88. The van der Waals surface area contributed by atoms with Gasteiger partial charge in [-0.25, -0.2) is 0 Å². The summed E-state index contributed by atoms with van der Waals surface area (Å²) in [7, 11) is 0. The zero-order chi connectivity index (χ0) is 12.5. The molecule has 5 heteroatoms. The number of nitrogens with zero attached hydrogens (tertiary/aromatic N) is 2. The number of ether oxygens (including phenoxy) is 1. The molecule has 4 nitrogen and oxygen atoms in total. The van der Waals surface area contributed by atoms with Crippen molar-refractivity contribution in [3.05, 3.63) is 40.5 Å². The van der Waals surface area contributed by atoms with E-state index in [1.165, 1.54) is 11.1 Å². The third-order valence-electron chi connectivity index (χ3n) is 3.13. The van der Waals surface area contributed by atoms with Crippen molar-refractivity contribution in [3.63, 3.8) is 0 Å². The SMILES string of the molecule is Nc1nn(CCc2ccc3c(c2)CCO3)cc1Cl. The van der Waals surface area contributed by atoms with Crippen LogP contribution in [0.1, 0.15) is 11.1 Å². The minimum Gasteiger partial charge on any atom is -0.493 e. The van der Waals surface area contributed by atoms with Gasteiger partial charge in [0.1, 0.15) is 10.8 Å². The van der Waals surface area contributed by atoms with E-state index < -0.39 is 0 Å². The number of hydrogen-bond acceptors (Lipinski definition) is 3. The molecule has 0 spiro atoms. The Hall–Kier alpha value is -1.68. The molecule has 0 bridgehead atoms. The van der Waals surface area contributed by atoms with E-state index in [1.54, 1.807) is 10.9 Å². The predicted octanol–water partition coefficient (Wildman–Crippen LogP) is 2.30. The quantitative estimate of drug-likeness (QED) is 0.924. The Morgan fingerprint density at radius 2 is 2.33 bits per heavy atom. The molecule has 2 heterocycles. The molecule has 2 N–H and O–H groups in total. The lowest BCUT2D eigenvalue weighted by atomic mass is 10.1. The molecule has 1 aromatic carbocycles. The Balaban J connectivity index is 1.70. The van der Waals surface area contributed by atoms with Gasteiger partial charge in [0.05, 0.1) is 6.61 Å². The van der Waals surface area contributed by atoms with Gasteiger partial charge in [-0.2, -0.15) is 5.10 Å². The van der Waals surface area contributed by atoms with Crippen LogP contribution in [0.15, 0.2) is 24.4 Å². The van der Waals surface area contributed by atoms with Crippen LogP contribution in [0.3, 0.4) is 0 Å². The largest absolute Gasteiger partial charge is 0.493 e. The van der Waals surface area contributed by atoms with E-state index in [0.29, 0.717) is 10.8 Å². The van der Waals surface area contributed by atoms with Crippen molar-refractivity contribution in [2.75, 3.05) is 12.3 Å². The first-order valence-corrected chi connectivity index (χ1v) is 6.33. The molecule has 0 radical (unpaired) electrons. The van der Waals surface area contributed by atoms with Crippen LogP contribution in [0, 0.1) is 0 Å². The smallest absolute Gasteiger partial charge is 0.164 e. The predicted molar refractivity (Wildman–Crippen MR) is 71.0 cm³/mol. The summed E-state index contributed by atoms with van der Waals surface area (Å²) in [5, 5.41) is 4.65. The van der Waals surface area contributed by atoms with Gasteiger partial charge >= 0.3 is 0 Å². The minimum absolute atomic E-state index is 0.388. The molecular weight excluding hydrogens is 250 g/mol. The van der Waals surface area contributed by atoms with Crippen LogP contribution in [0.5, 0.6) is 5.75 Å². The van der Waals surface area contributed by atoms with Gasteiger partial charge in [-0.15, -0.1) is 0 Å². The molecule has 0 atom stereocenters. The lowest BCUT2D eigenvalue weighted by Gasteiger charge is -2.04. The molecule has 18 heavy (non-hydrogen) atoms. The maximum absolute atomic E-state index is 5.86. The fourth-order valence-corrected chi connectivity index (χ4v) is 2.32. The Labute approximate surface area is 110 Å². The normalized spacial score (nSPS) is 13.4. The van der Waals surface area contributed by atoms with E-state index in [-0.39, 0.29) is 0 Å². The van der Waals surface area contributed by atoms with Crippen molar-refractivity contribution in [2.24, 2.45) is 0 Å². The van der Waals surface area contributed by atoms with Crippen molar-refractivity contribution >= 4 is 17.4 Å². The molecule has 0 unspecified atom stereocenters. The molecule has 0 amide bonds. The lowest BCUT2D eigenvalue weighted by molar-refractivity contribution is 0.357.